The van der Waals surface area contributed by atoms with Gasteiger partial charge in [-0.2, -0.15) is 0 Å². The van der Waals surface area contributed by atoms with Crippen molar-refractivity contribution in [3.05, 3.63) is 59.7 Å². The van der Waals surface area contributed by atoms with Crippen LogP contribution in [-0.2, 0) is 19.7 Å². The maximum absolute atomic E-state index is 13.0. The summed E-state index contributed by atoms with van der Waals surface area (Å²) < 4.78 is 16.3. The van der Waals surface area contributed by atoms with E-state index in [0.717, 1.165) is 31.4 Å². The van der Waals surface area contributed by atoms with E-state index in [0.29, 0.717) is 37.6 Å². The summed E-state index contributed by atoms with van der Waals surface area (Å²) in [4.78, 5) is 25.3. The quantitative estimate of drug-likeness (QED) is 0.693. The van der Waals surface area contributed by atoms with Crippen molar-refractivity contribution in [2.45, 2.75) is 37.2 Å². The molecule has 0 saturated carbocycles. The van der Waals surface area contributed by atoms with Gasteiger partial charge in [0.25, 0.3) is 11.8 Å². The molecule has 2 N–H and O–H groups in total. The van der Waals surface area contributed by atoms with Crippen molar-refractivity contribution in [2.75, 3.05) is 38.8 Å². The van der Waals surface area contributed by atoms with Gasteiger partial charge in [0, 0.05) is 43.0 Å². The van der Waals surface area contributed by atoms with Gasteiger partial charge in [-0.25, -0.2) is 0 Å². The highest BCUT2D eigenvalue weighted by Gasteiger charge is 2.35. The molecule has 1 unspecified atom stereocenters. The Morgan fingerprint density at radius 2 is 1.88 bits per heavy atom. The van der Waals surface area contributed by atoms with Gasteiger partial charge in [-0.1, -0.05) is 18.2 Å². The van der Waals surface area contributed by atoms with Gasteiger partial charge < -0.3 is 24.8 Å². The molecule has 2 fully saturated rings. The van der Waals surface area contributed by atoms with Crippen molar-refractivity contribution in [3.63, 3.8) is 0 Å². The third-order valence-electron chi connectivity index (χ3n) is 6.35. The lowest BCUT2D eigenvalue weighted by molar-refractivity contribution is -0.124. The molecule has 0 radical (unpaired) electrons. The monoisotopic (exact) mass is 438 g/mol. The molecule has 0 bridgehead atoms. The number of hydrogen-bond acceptors (Lipinski definition) is 5. The number of carbonyl (C=O) groups is 2. The van der Waals surface area contributed by atoms with Crippen LogP contribution in [0.2, 0.25) is 0 Å². The van der Waals surface area contributed by atoms with Crippen LogP contribution < -0.4 is 15.4 Å². The zero-order valence-corrected chi connectivity index (χ0v) is 18.4. The lowest BCUT2D eigenvalue weighted by Crippen LogP contribution is -2.44. The van der Waals surface area contributed by atoms with Crippen molar-refractivity contribution in [1.29, 1.82) is 0 Å². The largest absolute Gasteiger partial charge is 0.497 e. The molecule has 7 heteroatoms. The molecule has 2 heterocycles. The summed E-state index contributed by atoms with van der Waals surface area (Å²) in [5.74, 6) is 0.472. The molecule has 2 aliphatic rings. The average Bonchev–Trinajstić information content (AvgIpc) is 3.39. The topological polar surface area (TPSA) is 85.9 Å². The zero-order chi connectivity index (χ0) is 22.4. The molecular formula is C25H30N2O5. The van der Waals surface area contributed by atoms with Gasteiger partial charge in [-0.05, 0) is 61.6 Å². The fraction of sp³-hybridized carbons (Fsp3) is 0.440. The minimum Gasteiger partial charge on any atom is -0.497 e. The smallest absolute Gasteiger partial charge is 0.253 e. The summed E-state index contributed by atoms with van der Waals surface area (Å²) in [5.41, 5.74) is 2.08. The highest BCUT2D eigenvalue weighted by atomic mass is 16.5. The minimum absolute atomic E-state index is 0.166. The Morgan fingerprint density at radius 1 is 1.09 bits per heavy atom. The Hall–Kier alpha value is -2.90. The minimum atomic E-state index is -0.412. The Bertz CT molecular complexity index is 932. The SMILES string of the molecule is COc1ccc(C2(CNC(=O)c3cccc(NC(=O)C4CCCO4)c3)CCOCC2)cc1. The van der Waals surface area contributed by atoms with Gasteiger partial charge in [0.1, 0.15) is 11.9 Å². The molecule has 2 aliphatic heterocycles. The van der Waals surface area contributed by atoms with E-state index in [-0.39, 0.29) is 17.2 Å². The van der Waals surface area contributed by atoms with Gasteiger partial charge in [0.05, 0.1) is 7.11 Å². The molecule has 2 aromatic carbocycles. The Balaban J connectivity index is 1.43. The van der Waals surface area contributed by atoms with Crippen LogP contribution in [0.3, 0.4) is 0 Å². The fourth-order valence-electron chi connectivity index (χ4n) is 4.37. The van der Waals surface area contributed by atoms with E-state index in [4.69, 9.17) is 14.2 Å². The van der Waals surface area contributed by atoms with Gasteiger partial charge in [0.15, 0.2) is 0 Å². The number of rotatable bonds is 7. The van der Waals surface area contributed by atoms with Crippen molar-refractivity contribution < 1.29 is 23.8 Å². The second-order valence-corrected chi connectivity index (χ2v) is 8.38. The first kappa shape index (κ1) is 22.3. The van der Waals surface area contributed by atoms with Crippen LogP contribution in [0.25, 0.3) is 0 Å². The molecule has 0 spiro atoms. The normalized spacial score (nSPS) is 19.8. The Kier molecular flexibility index (Phi) is 7.07. The predicted molar refractivity (Wildman–Crippen MR) is 121 cm³/mol. The van der Waals surface area contributed by atoms with Crippen molar-refractivity contribution in [2.24, 2.45) is 0 Å². The first-order chi connectivity index (χ1) is 15.6. The first-order valence-electron chi connectivity index (χ1n) is 11.1. The van der Waals surface area contributed by atoms with E-state index in [1.165, 1.54) is 5.56 Å². The van der Waals surface area contributed by atoms with Crippen molar-refractivity contribution >= 4 is 17.5 Å². The van der Waals surface area contributed by atoms with Crippen LogP contribution in [0.15, 0.2) is 48.5 Å². The van der Waals surface area contributed by atoms with E-state index >= 15 is 0 Å². The summed E-state index contributed by atoms with van der Waals surface area (Å²) in [6, 6.07) is 15.0. The summed E-state index contributed by atoms with van der Waals surface area (Å²) in [5, 5.41) is 5.97. The molecule has 2 amide bonds. The van der Waals surface area contributed by atoms with E-state index in [1.54, 1.807) is 31.4 Å². The van der Waals surface area contributed by atoms with Gasteiger partial charge in [0.2, 0.25) is 0 Å². The predicted octanol–water partition coefficient (Wildman–Crippen LogP) is 3.29. The average molecular weight is 439 g/mol. The maximum atomic E-state index is 13.0. The van der Waals surface area contributed by atoms with Crippen LogP contribution in [0.5, 0.6) is 5.75 Å². The number of amides is 2. The van der Waals surface area contributed by atoms with Crippen molar-refractivity contribution in [1.82, 2.24) is 5.32 Å². The van der Waals surface area contributed by atoms with Gasteiger partial charge in [-0.15, -0.1) is 0 Å². The summed E-state index contributed by atoms with van der Waals surface area (Å²) in [6.45, 7) is 2.44. The molecule has 7 nitrogen and oxygen atoms in total. The summed E-state index contributed by atoms with van der Waals surface area (Å²) >= 11 is 0. The van der Waals surface area contributed by atoms with E-state index in [2.05, 4.69) is 22.8 Å². The number of nitrogens with one attached hydrogen (secondary N) is 2. The molecule has 0 aromatic heterocycles. The number of benzene rings is 2. The van der Waals surface area contributed by atoms with E-state index in [1.807, 2.05) is 12.1 Å². The molecule has 2 aromatic rings. The standard InChI is InChI=1S/C25H30N2O5/c1-30-21-9-7-19(8-10-21)25(11-14-31-15-12-25)17-26-23(28)18-4-2-5-20(16-18)27-24(29)22-6-3-13-32-22/h2,4-5,7-10,16,22H,3,6,11-15,17H2,1H3,(H,26,28)(H,27,29). The highest BCUT2D eigenvalue weighted by Crippen LogP contribution is 2.35. The van der Waals surface area contributed by atoms with Crippen LogP contribution >= 0.6 is 0 Å². The van der Waals surface area contributed by atoms with Crippen LogP contribution in [0.4, 0.5) is 5.69 Å². The molecule has 1 atom stereocenters. The molecular weight excluding hydrogens is 408 g/mol. The molecule has 32 heavy (non-hydrogen) atoms. The Labute approximate surface area is 188 Å². The third-order valence-corrected chi connectivity index (χ3v) is 6.35. The lowest BCUT2D eigenvalue weighted by atomic mass is 9.74. The molecule has 2 saturated heterocycles. The molecule has 4 rings (SSSR count). The second-order valence-electron chi connectivity index (χ2n) is 8.38. The second kappa shape index (κ2) is 10.1. The summed E-state index contributed by atoms with van der Waals surface area (Å²) in [6.07, 6.45) is 2.86. The van der Waals surface area contributed by atoms with Gasteiger partial charge >= 0.3 is 0 Å². The highest BCUT2D eigenvalue weighted by molar-refractivity contribution is 5.98. The summed E-state index contributed by atoms with van der Waals surface area (Å²) in [7, 11) is 1.65. The number of carbonyl (C=O) groups excluding carboxylic acids is 2. The van der Waals surface area contributed by atoms with Crippen LogP contribution in [-0.4, -0.2) is 51.4 Å². The fourth-order valence-corrected chi connectivity index (χ4v) is 4.37. The number of ether oxygens (including phenoxy) is 3. The first-order valence-corrected chi connectivity index (χ1v) is 11.1. The molecule has 0 aliphatic carbocycles. The third kappa shape index (κ3) is 5.11. The van der Waals surface area contributed by atoms with E-state index in [9.17, 15) is 9.59 Å². The van der Waals surface area contributed by atoms with E-state index < -0.39 is 6.10 Å². The zero-order valence-electron chi connectivity index (χ0n) is 18.4. The maximum Gasteiger partial charge on any atom is 0.253 e. The van der Waals surface area contributed by atoms with Crippen molar-refractivity contribution in [3.8, 4) is 5.75 Å². The van der Waals surface area contributed by atoms with Gasteiger partial charge in [-0.3, -0.25) is 9.59 Å². The molecule has 170 valence electrons. The number of hydrogen-bond donors (Lipinski definition) is 2. The van der Waals surface area contributed by atoms with Crippen LogP contribution in [0.1, 0.15) is 41.6 Å². The number of anilines is 1. The Morgan fingerprint density at radius 3 is 2.56 bits per heavy atom. The lowest BCUT2D eigenvalue weighted by Gasteiger charge is -2.38. The number of methoxy groups -OCH3 is 1. The van der Waals surface area contributed by atoms with Crippen LogP contribution in [0, 0.1) is 0 Å².